The first-order valence-electron chi connectivity index (χ1n) is 10.8. The molecule has 3 amide bonds. The Bertz CT molecular complexity index is 731. The van der Waals surface area contributed by atoms with Gasteiger partial charge in [-0.05, 0) is 50.3 Å². The molecule has 0 atom stereocenters. The van der Waals surface area contributed by atoms with E-state index in [9.17, 15) is 9.59 Å². The van der Waals surface area contributed by atoms with Gasteiger partial charge in [0, 0.05) is 50.0 Å². The number of halogens is 1. The van der Waals surface area contributed by atoms with Crippen molar-refractivity contribution in [2.75, 3.05) is 40.0 Å². The lowest BCUT2D eigenvalue weighted by atomic mass is 9.97. The summed E-state index contributed by atoms with van der Waals surface area (Å²) in [5, 5.41) is 3.58. The van der Waals surface area contributed by atoms with E-state index in [4.69, 9.17) is 21.1 Å². The van der Waals surface area contributed by atoms with Crippen LogP contribution in [-0.4, -0.2) is 73.8 Å². The molecule has 3 rings (SSSR count). The number of hydrogen-bond donors (Lipinski definition) is 1. The molecule has 0 spiro atoms. The summed E-state index contributed by atoms with van der Waals surface area (Å²) >= 11 is 6.02. The minimum Gasteiger partial charge on any atom is -0.496 e. The minimum absolute atomic E-state index is 0.00731. The van der Waals surface area contributed by atoms with Crippen molar-refractivity contribution < 1.29 is 19.1 Å². The molecule has 8 heteroatoms. The Kier molecular flexibility index (Phi) is 8.22. The van der Waals surface area contributed by atoms with Crippen LogP contribution in [0.15, 0.2) is 18.2 Å². The third kappa shape index (κ3) is 5.38. The second-order valence-corrected chi connectivity index (χ2v) is 8.29. The molecule has 0 aliphatic carbocycles. The van der Waals surface area contributed by atoms with E-state index >= 15 is 0 Å². The van der Waals surface area contributed by atoms with Gasteiger partial charge in [-0.2, -0.15) is 0 Å². The van der Waals surface area contributed by atoms with Crippen LogP contribution < -0.4 is 10.1 Å². The monoisotopic (exact) mass is 437 g/mol. The number of benzene rings is 1. The van der Waals surface area contributed by atoms with Crippen LogP contribution in [0.3, 0.4) is 0 Å². The first-order valence-corrected chi connectivity index (χ1v) is 11.2. The summed E-state index contributed by atoms with van der Waals surface area (Å²) in [5.74, 6) is 0.424. The number of hydrogen-bond acceptors (Lipinski definition) is 4. The van der Waals surface area contributed by atoms with Gasteiger partial charge in [-0.25, -0.2) is 4.79 Å². The van der Waals surface area contributed by atoms with E-state index in [0.29, 0.717) is 49.2 Å². The van der Waals surface area contributed by atoms with E-state index in [0.717, 1.165) is 32.1 Å². The molecule has 7 nitrogen and oxygen atoms in total. The van der Waals surface area contributed by atoms with Gasteiger partial charge < -0.3 is 24.6 Å². The first kappa shape index (κ1) is 22.7. The number of likely N-dealkylation sites (tertiary alicyclic amines) is 1. The number of piperidine rings is 1. The lowest BCUT2D eigenvalue weighted by Gasteiger charge is -2.43. The van der Waals surface area contributed by atoms with E-state index < -0.39 is 0 Å². The fourth-order valence-electron chi connectivity index (χ4n) is 4.28. The number of ether oxygens (including phenoxy) is 2. The summed E-state index contributed by atoms with van der Waals surface area (Å²) in [7, 11) is 1.54. The summed E-state index contributed by atoms with van der Waals surface area (Å²) in [4.78, 5) is 29.8. The largest absolute Gasteiger partial charge is 0.496 e. The van der Waals surface area contributed by atoms with Gasteiger partial charge >= 0.3 is 6.03 Å². The van der Waals surface area contributed by atoms with Crippen LogP contribution >= 0.6 is 11.6 Å². The standard InChI is InChI=1S/C22H32ClN3O4/c1-3-10-24-22(28)26(18-8-13-30-14-9-18)17-6-11-25(12-7-17)21(27)19-5-4-16(23)15-20(19)29-2/h4-5,15,17-18H,3,6-14H2,1-2H3,(H,24,28). The minimum atomic E-state index is -0.0602. The number of carbonyl (C=O) groups excluding carboxylic acids is 2. The fourth-order valence-corrected chi connectivity index (χ4v) is 4.44. The van der Waals surface area contributed by atoms with Crippen molar-refractivity contribution in [3.8, 4) is 5.75 Å². The maximum Gasteiger partial charge on any atom is 0.317 e. The molecule has 2 fully saturated rings. The van der Waals surface area contributed by atoms with Gasteiger partial charge in [0.05, 0.1) is 12.7 Å². The van der Waals surface area contributed by atoms with Crippen LogP contribution in [0, 0.1) is 0 Å². The first-order chi connectivity index (χ1) is 14.5. The van der Waals surface area contributed by atoms with E-state index in [1.54, 1.807) is 18.2 Å². The molecule has 0 saturated carbocycles. The van der Waals surface area contributed by atoms with Crippen molar-refractivity contribution >= 4 is 23.5 Å². The highest BCUT2D eigenvalue weighted by molar-refractivity contribution is 6.30. The quantitative estimate of drug-likeness (QED) is 0.738. The van der Waals surface area contributed by atoms with Gasteiger partial charge in [-0.15, -0.1) is 0 Å². The van der Waals surface area contributed by atoms with Crippen LogP contribution in [0.2, 0.25) is 5.02 Å². The van der Waals surface area contributed by atoms with Crippen LogP contribution in [0.1, 0.15) is 49.4 Å². The molecule has 0 bridgehead atoms. The van der Waals surface area contributed by atoms with Gasteiger partial charge in [0.15, 0.2) is 0 Å². The second kappa shape index (κ2) is 10.9. The Morgan fingerprint density at radius 2 is 1.87 bits per heavy atom. The van der Waals surface area contributed by atoms with Gasteiger partial charge in [-0.3, -0.25) is 4.79 Å². The maximum atomic E-state index is 13.0. The maximum absolute atomic E-state index is 13.0. The van der Waals surface area contributed by atoms with Crippen LogP contribution in [0.25, 0.3) is 0 Å². The third-order valence-electron chi connectivity index (χ3n) is 5.88. The van der Waals surface area contributed by atoms with E-state index in [2.05, 4.69) is 5.32 Å². The summed E-state index contributed by atoms with van der Waals surface area (Å²) < 4.78 is 10.8. The van der Waals surface area contributed by atoms with Crippen molar-refractivity contribution in [2.24, 2.45) is 0 Å². The zero-order valence-electron chi connectivity index (χ0n) is 17.9. The second-order valence-electron chi connectivity index (χ2n) is 7.85. The molecule has 2 heterocycles. The van der Waals surface area contributed by atoms with Crippen LogP contribution in [0.4, 0.5) is 4.79 Å². The number of urea groups is 1. The lowest BCUT2D eigenvalue weighted by molar-refractivity contribution is 0.0209. The van der Waals surface area contributed by atoms with E-state index in [1.165, 1.54) is 7.11 Å². The Labute approximate surface area is 183 Å². The molecule has 0 radical (unpaired) electrons. The number of rotatable bonds is 6. The molecule has 1 aromatic carbocycles. The molecule has 2 aliphatic heterocycles. The number of nitrogens with one attached hydrogen (secondary N) is 1. The number of methoxy groups -OCH3 is 1. The summed E-state index contributed by atoms with van der Waals surface area (Å²) in [6.07, 6.45) is 4.15. The molecule has 2 saturated heterocycles. The number of amides is 3. The third-order valence-corrected chi connectivity index (χ3v) is 6.12. The predicted octanol–water partition coefficient (Wildman–Crippen LogP) is 3.55. The van der Waals surface area contributed by atoms with Crippen LogP contribution in [-0.2, 0) is 4.74 Å². The molecule has 2 aliphatic rings. The van der Waals surface area contributed by atoms with Crippen LogP contribution in [0.5, 0.6) is 5.75 Å². The molecule has 166 valence electrons. The van der Waals surface area contributed by atoms with Crippen molar-refractivity contribution in [2.45, 2.75) is 51.1 Å². The lowest BCUT2D eigenvalue weighted by Crippen LogP contribution is -2.56. The average Bonchev–Trinajstić information content (AvgIpc) is 2.78. The van der Waals surface area contributed by atoms with Gasteiger partial charge in [0.25, 0.3) is 5.91 Å². The van der Waals surface area contributed by atoms with E-state index in [-0.39, 0.29) is 24.0 Å². The Balaban J connectivity index is 1.67. The summed E-state index contributed by atoms with van der Waals surface area (Å²) in [6, 6.07) is 5.40. The summed E-state index contributed by atoms with van der Waals surface area (Å²) in [5.41, 5.74) is 0.516. The molecule has 0 aromatic heterocycles. The van der Waals surface area contributed by atoms with Gasteiger partial charge in [0.2, 0.25) is 0 Å². The highest BCUT2D eigenvalue weighted by Gasteiger charge is 2.35. The molecular weight excluding hydrogens is 406 g/mol. The fraction of sp³-hybridized carbons (Fsp3) is 0.636. The highest BCUT2D eigenvalue weighted by Crippen LogP contribution is 2.28. The van der Waals surface area contributed by atoms with Gasteiger partial charge in [-0.1, -0.05) is 18.5 Å². The summed E-state index contributed by atoms with van der Waals surface area (Å²) in [6.45, 7) is 5.32. The Morgan fingerprint density at radius 3 is 2.50 bits per heavy atom. The molecule has 1 aromatic rings. The SMILES string of the molecule is CCCNC(=O)N(C1CCOCC1)C1CCN(C(=O)c2ccc(Cl)cc2OC)CC1. The topological polar surface area (TPSA) is 71.1 Å². The smallest absolute Gasteiger partial charge is 0.317 e. The van der Waals surface area contributed by atoms with Crippen molar-refractivity contribution in [1.82, 2.24) is 15.1 Å². The van der Waals surface area contributed by atoms with Crippen molar-refractivity contribution in [1.29, 1.82) is 0 Å². The van der Waals surface area contributed by atoms with E-state index in [1.807, 2.05) is 16.7 Å². The zero-order chi connectivity index (χ0) is 21.5. The Hall–Kier alpha value is -1.99. The average molecular weight is 438 g/mol. The molecule has 0 unspecified atom stereocenters. The molecule has 1 N–H and O–H groups in total. The van der Waals surface area contributed by atoms with Crippen molar-refractivity contribution in [3.63, 3.8) is 0 Å². The normalized spacial score (nSPS) is 18.2. The number of carbonyl (C=O) groups is 2. The number of nitrogens with zero attached hydrogens (tertiary/aromatic N) is 2. The molecule has 30 heavy (non-hydrogen) atoms. The molecular formula is C22H32ClN3O4. The highest BCUT2D eigenvalue weighted by atomic mass is 35.5. The van der Waals surface area contributed by atoms with Crippen molar-refractivity contribution in [3.05, 3.63) is 28.8 Å². The predicted molar refractivity (Wildman–Crippen MR) is 116 cm³/mol. The van der Waals surface area contributed by atoms with Gasteiger partial charge in [0.1, 0.15) is 5.75 Å². The zero-order valence-corrected chi connectivity index (χ0v) is 18.6. The Morgan fingerprint density at radius 1 is 1.20 bits per heavy atom.